The lowest BCUT2D eigenvalue weighted by Gasteiger charge is -2.14. The fraction of sp³-hybridized carbons (Fsp3) is 0.333. The molecule has 1 atom stereocenters. The summed E-state index contributed by atoms with van der Waals surface area (Å²) in [6.45, 7) is 9.85. The third-order valence-electron chi connectivity index (χ3n) is 4.70. The maximum atomic E-state index is 12.8. The molecule has 0 aliphatic rings. The Morgan fingerprint density at radius 2 is 2.00 bits per heavy atom. The maximum Gasteiger partial charge on any atom is 0.239 e. The Labute approximate surface area is 196 Å². The number of aromatic nitrogens is 4. The van der Waals surface area contributed by atoms with Crippen molar-refractivity contribution in [1.82, 2.24) is 19.7 Å². The molecule has 8 nitrogen and oxygen atoms in total. The molecule has 1 aromatic carbocycles. The van der Waals surface area contributed by atoms with Gasteiger partial charge in [0.25, 0.3) is 0 Å². The van der Waals surface area contributed by atoms with E-state index in [1.807, 2.05) is 20.8 Å². The number of rotatable bonds is 10. The summed E-state index contributed by atoms with van der Waals surface area (Å²) in [7, 11) is -3.59. The van der Waals surface area contributed by atoms with E-state index < -0.39 is 15.1 Å². The number of thioether (sulfide) groups is 1. The van der Waals surface area contributed by atoms with Gasteiger partial charge in [0.15, 0.2) is 20.1 Å². The topological polar surface area (TPSA) is 107 Å². The van der Waals surface area contributed by atoms with Gasteiger partial charge >= 0.3 is 0 Å². The highest BCUT2D eigenvalue weighted by Crippen LogP contribution is 2.28. The summed E-state index contributed by atoms with van der Waals surface area (Å²) in [5.41, 5.74) is 0.890. The number of allylic oxidation sites excluding steroid dienone is 1. The van der Waals surface area contributed by atoms with Crippen LogP contribution in [0.2, 0.25) is 0 Å². The first-order valence-corrected chi connectivity index (χ1v) is 13.3. The molecule has 1 N–H and O–H groups in total. The zero-order chi connectivity index (χ0) is 23.3. The largest absolute Gasteiger partial charge is 0.301 e. The van der Waals surface area contributed by atoms with Gasteiger partial charge in [-0.1, -0.05) is 43.0 Å². The molecule has 0 spiro atoms. The number of hydrogen-bond acceptors (Lipinski definition) is 8. The van der Waals surface area contributed by atoms with Gasteiger partial charge in [-0.3, -0.25) is 4.79 Å². The normalized spacial score (nSPS) is 12.5. The molecule has 3 aromatic rings. The third-order valence-corrected chi connectivity index (χ3v) is 8.66. The van der Waals surface area contributed by atoms with E-state index in [0.29, 0.717) is 29.1 Å². The van der Waals surface area contributed by atoms with Crippen molar-refractivity contribution in [2.45, 2.75) is 54.8 Å². The number of anilines is 1. The first-order chi connectivity index (χ1) is 15.2. The second-order valence-corrected chi connectivity index (χ2v) is 11.4. The Hall–Kier alpha value is -2.50. The molecule has 0 aliphatic carbocycles. The van der Waals surface area contributed by atoms with Gasteiger partial charge in [0.2, 0.25) is 5.91 Å². The highest BCUT2D eigenvalue weighted by molar-refractivity contribution is 8.00. The van der Waals surface area contributed by atoms with E-state index in [0.717, 1.165) is 10.6 Å². The Morgan fingerprint density at radius 3 is 2.59 bits per heavy atom. The molecule has 2 heterocycles. The summed E-state index contributed by atoms with van der Waals surface area (Å²) in [5.74, 6) is -0.172. The molecule has 3 rings (SSSR count). The molecular weight excluding hydrogens is 466 g/mol. The number of thiazole rings is 1. The minimum atomic E-state index is -3.59. The van der Waals surface area contributed by atoms with Crippen molar-refractivity contribution in [3.05, 3.63) is 59.4 Å². The minimum absolute atomic E-state index is 0.183. The first kappa shape index (κ1) is 24.1. The van der Waals surface area contributed by atoms with Crippen molar-refractivity contribution in [3.8, 4) is 0 Å². The second kappa shape index (κ2) is 10.4. The van der Waals surface area contributed by atoms with E-state index in [1.165, 1.54) is 23.1 Å². The lowest BCUT2D eigenvalue weighted by Crippen LogP contribution is -2.25. The number of carbonyl (C=O) groups is 1. The second-order valence-electron chi connectivity index (χ2n) is 7.03. The summed E-state index contributed by atoms with van der Waals surface area (Å²) < 4.78 is 27.3. The molecule has 0 radical (unpaired) electrons. The van der Waals surface area contributed by atoms with Crippen molar-refractivity contribution in [2.75, 3.05) is 5.32 Å². The van der Waals surface area contributed by atoms with Crippen molar-refractivity contribution in [2.24, 2.45) is 0 Å². The van der Waals surface area contributed by atoms with Crippen LogP contribution in [0.5, 0.6) is 0 Å². The van der Waals surface area contributed by atoms with Crippen LogP contribution in [0, 0.1) is 13.8 Å². The van der Waals surface area contributed by atoms with Crippen LogP contribution in [-0.2, 0) is 26.9 Å². The predicted molar refractivity (Wildman–Crippen MR) is 128 cm³/mol. The van der Waals surface area contributed by atoms with Crippen LogP contribution in [0.3, 0.4) is 0 Å². The number of amides is 1. The van der Waals surface area contributed by atoms with Crippen LogP contribution in [0.15, 0.2) is 53.0 Å². The highest BCUT2D eigenvalue weighted by Gasteiger charge is 2.25. The molecule has 2 aromatic heterocycles. The molecule has 1 amide bonds. The standard InChI is InChI=1S/C21H25N5O3S3/c1-5-12-26-18(13-32(28,29)16-10-8-7-9-11-16)24-25-21(26)31-17(6-2)19(27)23-20-22-14(3)15(4)30-20/h5,7-11,17H,1,6,12-13H2,2-4H3,(H,22,23,27). The Bertz CT molecular complexity index is 1180. The van der Waals surface area contributed by atoms with E-state index in [9.17, 15) is 13.2 Å². The van der Waals surface area contributed by atoms with Crippen LogP contribution >= 0.6 is 23.1 Å². The molecule has 11 heteroatoms. The zero-order valence-corrected chi connectivity index (χ0v) is 20.6. The molecule has 0 aliphatic heterocycles. The molecule has 170 valence electrons. The average molecular weight is 492 g/mol. The van der Waals surface area contributed by atoms with Gasteiger partial charge in [0.05, 0.1) is 15.8 Å². The molecule has 32 heavy (non-hydrogen) atoms. The van der Waals surface area contributed by atoms with E-state index in [2.05, 4.69) is 27.1 Å². The zero-order valence-electron chi connectivity index (χ0n) is 18.1. The minimum Gasteiger partial charge on any atom is -0.301 e. The Balaban J connectivity index is 1.80. The maximum absolute atomic E-state index is 12.8. The van der Waals surface area contributed by atoms with Gasteiger partial charge in [0.1, 0.15) is 11.6 Å². The van der Waals surface area contributed by atoms with Gasteiger partial charge < -0.3 is 9.88 Å². The van der Waals surface area contributed by atoms with Crippen LogP contribution in [0.4, 0.5) is 5.13 Å². The first-order valence-electron chi connectivity index (χ1n) is 9.97. The number of nitrogens with zero attached hydrogens (tertiary/aromatic N) is 4. The van der Waals surface area contributed by atoms with Gasteiger partial charge in [-0.15, -0.1) is 28.1 Å². The lowest BCUT2D eigenvalue weighted by atomic mass is 10.3. The smallest absolute Gasteiger partial charge is 0.239 e. The molecule has 0 saturated heterocycles. The Morgan fingerprint density at radius 1 is 1.28 bits per heavy atom. The summed E-state index contributed by atoms with van der Waals surface area (Å²) in [4.78, 5) is 18.5. The summed E-state index contributed by atoms with van der Waals surface area (Å²) in [5, 5.41) is 11.8. The average Bonchev–Trinajstić information content (AvgIpc) is 3.28. The van der Waals surface area contributed by atoms with E-state index in [-0.39, 0.29) is 16.6 Å². The monoisotopic (exact) mass is 491 g/mol. The summed E-state index contributed by atoms with van der Waals surface area (Å²) in [6.07, 6.45) is 2.20. The summed E-state index contributed by atoms with van der Waals surface area (Å²) in [6, 6.07) is 8.23. The van der Waals surface area contributed by atoms with Gasteiger partial charge in [-0.05, 0) is 32.4 Å². The fourth-order valence-corrected chi connectivity index (χ4v) is 5.96. The predicted octanol–water partition coefficient (Wildman–Crippen LogP) is 4.02. The summed E-state index contributed by atoms with van der Waals surface area (Å²) >= 11 is 2.68. The molecule has 0 saturated carbocycles. The van der Waals surface area contributed by atoms with E-state index in [1.54, 1.807) is 41.0 Å². The van der Waals surface area contributed by atoms with Gasteiger partial charge in [0, 0.05) is 11.4 Å². The molecular formula is C21H25N5O3S3. The van der Waals surface area contributed by atoms with Crippen molar-refractivity contribution < 1.29 is 13.2 Å². The van der Waals surface area contributed by atoms with Gasteiger partial charge in [-0.25, -0.2) is 13.4 Å². The number of carbonyl (C=O) groups excluding carboxylic acids is 1. The van der Waals surface area contributed by atoms with Crippen molar-refractivity contribution in [3.63, 3.8) is 0 Å². The third kappa shape index (κ3) is 5.64. The van der Waals surface area contributed by atoms with Crippen LogP contribution in [-0.4, -0.2) is 39.3 Å². The van der Waals surface area contributed by atoms with E-state index >= 15 is 0 Å². The number of sulfone groups is 1. The molecule has 0 bridgehead atoms. The van der Waals surface area contributed by atoms with Crippen LogP contribution in [0.25, 0.3) is 0 Å². The van der Waals surface area contributed by atoms with E-state index in [4.69, 9.17) is 0 Å². The number of aryl methyl sites for hydroxylation is 2. The molecule has 0 fully saturated rings. The van der Waals surface area contributed by atoms with Crippen LogP contribution < -0.4 is 5.32 Å². The van der Waals surface area contributed by atoms with Gasteiger partial charge in [-0.2, -0.15) is 0 Å². The van der Waals surface area contributed by atoms with Crippen LogP contribution in [0.1, 0.15) is 29.7 Å². The number of benzene rings is 1. The van der Waals surface area contributed by atoms with Crippen molar-refractivity contribution >= 4 is 44.0 Å². The Kier molecular flexibility index (Phi) is 7.86. The number of nitrogens with one attached hydrogen (secondary N) is 1. The highest BCUT2D eigenvalue weighted by atomic mass is 32.2. The van der Waals surface area contributed by atoms with Crippen molar-refractivity contribution in [1.29, 1.82) is 0 Å². The quantitative estimate of drug-likeness (QED) is 0.337. The SMILES string of the molecule is C=CCn1c(CS(=O)(=O)c2ccccc2)nnc1SC(CC)C(=O)Nc1nc(C)c(C)s1. The lowest BCUT2D eigenvalue weighted by molar-refractivity contribution is -0.115. The molecule has 1 unspecified atom stereocenters. The number of hydrogen-bond donors (Lipinski definition) is 1. The fourth-order valence-electron chi connectivity index (χ4n) is 2.87.